The van der Waals surface area contributed by atoms with Gasteiger partial charge in [0.25, 0.3) is 11.8 Å². The molecule has 0 saturated heterocycles. The molecule has 0 atom stereocenters. The van der Waals surface area contributed by atoms with Gasteiger partial charge in [-0.15, -0.1) is 0 Å². The van der Waals surface area contributed by atoms with E-state index >= 15 is 0 Å². The Hall–Kier alpha value is -3.65. The van der Waals surface area contributed by atoms with Crippen LogP contribution in [0.4, 0.5) is 5.69 Å². The van der Waals surface area contributed by atoms with Gasteiger partial charge in [-0.3, -0.25) is 9.59 Å². The molecule has 0 unspecified atom stereocenters. The molecule has 8 heteroatoms. The summed E-state index contributed by atoms with van der Waals surface area (Å²) >= 11 is 3.45. The number of hydrogen-bond donors (Lipinski definition) is 2. The van der Waals surface area contributed by atoms with Crippen molar-refractivity contribution in [3.8, 4) is 11.5 Å². The highest BCUT2D eigenvalue weighted by Gasteiger charge is 2.14. The van der Waals surface area contributed by atoms with Gasteiger partial charge in [-0.1, -0.05) is 24.3 Å². The molecule has 0 aromatic heterocycles. The van der Waals surface area contributed by atoms with Crippen molar-refractivity contribution >= 4 is 39.6 Å². The van der Waals surface area contributed by atoms with Gasteiger partial charge in [0.1, 0.15) is 0 Å². The van der Waals surface area contributed by atoms with E-state index in [9.17, 15) is 9.59 Å². The summed E-state index contributed by atoms with van der Waals surface area (Å²) in [4.78, 5) is 24.4. The number of nitrogens with one attached hydrogen (secondary N) is 2. The lowest BCUT2D eigenvalue weighted by Gasteiger charge is -2.14. The largest absolute Gasteiger partial charge is 0.493 e. The summed E-state index contributed by atoms with van der Waals surface area (Å²) in [5.41, 5.74) is 6.61. The third-order valence-corrected chi connectivity index (χ3v) is 5.39. The summed E-state index contributed by atoms with van der Waals surface area (Å²) in [6.45, 7) is 3.81. The van der Waals surface area contributed by atoms with E-state index in [2.05, 4.69) is 31.8 Å². The molecule has 0 fully saturated rings. The number of ether oxygens (including phenoxy) is 2. The van der Waals surface area contributed by atoms with Crippen molar-refractivity contribution in [2.75, 3.05) is 19.0 Å². The van der Waals surface area contributed by atoms with E-state index in [1.165, 1.54) is 13.3 Å². The highest BCUT2D eigenvalue weighted by molar-refractivity contribution is 9.10. The maximum Gasteiger partial charge on any atom is 0.271 e. The van der Waals surface area contributed by atoms with Gasteiger partial charge in [0.05, 0.1) is 17.8 Å². The van der Waals surface area contributed by atoms with Crippen molar-refractivity contribution < 1.29 is 19.1 Å². The minimum absolute atomic E-state index is 0.192. The summed E-state index contributed by atoms with van der Waals surface area (Å²) in [6.07, 6.45) is 1.49. The quantitative estimate of drug-likeness (QED) is 0.335. The van der Waals surface area contributed by atoms with Crippen molar-refractivity contribution in [2.45, 2.75) is 13.8 Å². The number of carbonyl (C=O) groups is 2. The molecule has 0 spiro atoms. The summed E-state index contributed by atoms with van der Waals surface area (Å²) in [5.74, 6) is 0.200. The third kappa shape index (κ3) is 6.66. The van der Waals surface area contributed by atoms with Crippen LogP contribution in [0.25, 0.3) is 0 Å². The molecule has 33 heavy (non-hydrogen) atoms. The molecule has 0 radical (unpaired) electrons. The van der Waals surface area contributed by atoms with Crippen molar-refractivity contribution in [2.24, 2.45) is 5.10 Å². The van der Waals surface area contributed by atoms with Crippen LogP contribution in [0, 0.1) is 13.8 Å². The number of anilines is 1. The first-order valence-corrected chi connectivity index (χ1v) is 10.9. The van der Waals surface area contributed by atoms with Gasteiger partial charge in [0.15, 0.2) is 18.1 Å². The first-order chi connectivity index (χ1) is 15.9. The number of halogens is 1. The molecule has 0 saturated carbocycles. The standard InChI is InChI=1S/C25H24BrN3O4/c1-16-9-10-20(11-17(16)2)28-23(30)15-33-24-21(26)12-18(13-22(24)32-3)14-27-29-25(31)19-7-5-4-6-8-19/h4-14H,15H2,1-3H3,(H,28,30)(H,29,31)/b27-14+. The lowest BCUT2D eigenvalue weighted by atomic mass is 10.1. The second-order valence-electron chi connectivity index (χ2n) is 7.24. The molecule has 0 aliphatic carbocycles. The van der Waals surface area contributed by atoms with Crippen LogP contribution in [0.5, 0.6) is 11.5 Å². The van der Waals surface area contributed by atoms with E-state index in [1.54, 1.807) is 36.4 Å². The molecule has 170 valence electrons. The minimum Gasteiger partial charge on any atom is -0.493 e. The number of amides is 2. The molecule has 0 aliphatic rings. The fraction of sp³-hybridized carbons (Fsp3) is 0.160. The van der Waals surface area contributed by atoms with E-state index in [4.69, 9.17) is 9.47 Å². The Labute approximate surface area is 200 Å². The summed E-state index contributed by atoms with van der Waals surface area (Å²) in [7, 11) is 1.50. The van der Waals surface area contributed by atoms with Crippen LogP contribution in [-0.4, -0.2) is 31.7 Å². The maximum atomic E-state index is 12.3. The highest BCUT2D eigenvalue weighted by atomic mass is 79.9. The van der Waals surface area contributed by atoms with E-state index in [0.717, 1.165) is 11.1 Å². The van der Waals surface area contributed by atoms with E-state index in [0.29, 0.717) is 32.8 Å². The van der Waals surface area contributed by atoms with Crippen LogP contribution in [0.1, 0.15) is 27.0 Å². The molecule has 0 heterocycles. The van der Waals surface area contributed by atoms with Crippen LogP contribution >= 0.6 is 15.9 Å². The Morgan fingerprint density at radius 2 is 1.79 bits per heavy atom. The zero-order valence-corrected chi connectivity index (χ0v) is 20.1. The number of benzene rings is 3. The molecule has 0 aliphatic heterocycles. The first-order valence-electron chi connectivity index (χ1n) is 10.1. The monoisotopic (exact) mass is 509 g/mol. The molecular weight excluding hydrogens is 486 g/mol. The number of methoxy groups -OCH3 is 1. The average molecular weight is 510 g/mol. The second-order valence-corrected chi connectivity index (χ2v) is 8.09. The molecule has 0 bridgehead atoms. The Morgan fingerprint density at radius 1 is 1.03 bits per heavy atom. The smallest absolute Gasteiger partial charge is 0.271 e. The van der Waals surface area contributed by atoms with Crippen molar-refractivity contribution in [1.29, 1.82) is 0 Å². The van der Waals surface area contributed by atoms with Crippen LogP contribution < -0.4 is 20.2 Å². The molecule has 7 nitrogen and oxygen atoms in total. The molecule has 2 amide bonds. The zero-order valence-electron chi connectivity index (χ0n) is 18.5. The molecule has 3 rings (SSSR count). The fourth-order valence-electron chi connectivity index (χ4n) is 2.93. The molecular formula is C25H24BrN3O4. The SMILES string of the molecule is COc1cc(/C=N/NC(=O)c2ccccc2)cc(Br)c1OCC(=O)Nc1ccc(C)c(C)c1. The van der Waals surface area contributed by atoms with Crippen LogP contribution in [0.3, 0.4) is 0 Å². The van der Waals surface area contributed by atoms with Crippen LogP contribution in [0.15, 0.2) is 70.2 Å². The van der Waals surface area contributed by atoms with Crippen molar-refractivity contribution in [3.05, 3.63) is 87.4 Å². The molecule has 2 N–H and O–H groups in total. The van der Waals surface area contributed by atoms with Gasteiger partial charge >= 0.3 is 0 Å². The van der Waals surface area contributed by atoms with Crippen molar-refractivity contribution in [1.82, 2.24) is 5.43 Å². The lowest BCUT2D eigenvalue weighted by molar-refractivity contribution is -0.118. The predicted octanol–water partition coefficient (Wildman–Crippen LogP) is 4.86. The Bertz CT molecular complexity index is 1180. The third-order valence-electron chi connectivity index (χ3n) is 4.81. The Kier molecular flexibility index (Phi) is 8.21. The van der Waals surface area contributed by atoms with Gasteiger partial charge in [0, 0.05) is 11.3 Å². The summed E-state index contributed by atoms with van der Waals surface area (Å²) < 4.78 is 11.7. The second kappa shape index (κ2) is 11.3. The van der Waals surface area contributed by atoms with Gasteiger partial charge in [-0.2, -0.15) is 5.10 Å². The van der Waals surface area contributed by atoms with E-state index in [-0.39, 0.29) is 18.4 Å². The first kappa shape index (κ1) is 24.0. The highest BCUT2D eigenvalue weighted by Crippen LogP contribution is 2.36. The Morgan fingerprint density at radius 3 is 2.48 bits per heavy atom. The topological polar surface area (TPSA) is 89.0 Å². The number of hydrogen-bond acceptors (Lipinski definition) is 5. The number of carbonyl (C=O) groups excluding carboxylic acids is 2. The summed E-state index contributed by atoms with van der Waals surface area (Å²) in [6, 6.07) is 17.9. The zero-order chi connectivity index (χ0) is 23.8. The molecule has 3 aromatic rings. The van der Waals surface area contributed by atoms with E-state index in [1.807, 2.05) is 38.1 Å². The van der Waals surface area contributed by atoms with E-state index < -0.39 is 0 Å². The summed E-state index contributed by atoms with van der Waals surface area (Å²) in [5, 5.41) is 6.81. The fourth-order valence-corrected chi connectivity index (χ4v) is 3.50. The van der Waals surface area contributed by atoms with Gasteiger partial charge in [-0.25, -0.2) is 5.43 Å². The van der Waals surface area contributed by atoms with Gasteiger partial charge in [-0.05, 0) is 82.9 Å². The van der Waals surface area contributed by atoms with Crippen molar-refractivity contribution in [3.63, 3.8) is 0 Å². The number of rotatable bonds is 8. The minimum atomic E-state index is -0.312. The number of hydrazone groups is 1. The number of aryl methyl sites for hydroxylation is 2. The van der Waals surface area contributed by atoms with Gasteiger partial charge < -0.3 is 14.8 Å². The Balaban J connectivity index is 1.63. The predicted molar refractivity (Wildman–Crippen MR) is 132 cm³/mol. The maximum absolute atomic E-state index is 12.3. The van der Waals surface area contributed by atoms with Crippen LogP contribution in [-0.2, 0) is 4.79 Å². The lowest BCUT2D eigenvalue weighted by Crippen LogP contribution is -2.20. The normalized spacial score (nSPS) is 10.7. The van der Waals surface area contributed by atoms with Crippen LogP contribution in [0.2, 0.25) is 0 Å². The van der Waals surface area contributed by atoms with Gasteiger partial charge in [0.2, 0.25) is 0 Å². The molecule has 3 aromatic carbocycles. The number of nitrogens with zero attached hydrogens (tertiary/aromatic N) is 1. The average Bonchev–Trinajstić information content (AvgIpc) is 2.81.